The van der Waals surface area contributed by atoms with Gasteiger partial charge in [0, 0.05) is 17.7 Å². The van der Waals surface area contributed by atoms with E-state index in [2.05, 4.69) is 27.3 Å². The number of rotatable bonds is 4. The van der Waals surface area contributed by atoms with Crippen molar-refractivity contribution >= 4 is 15.8 Å². The molecule has 9 heteroatoms. The van der Waals surface area contributed by atoms with Gasteiger partial charge in [-0.25, -0.2) is 18.3 Å². The van der Waals surface area contributed by atoms with Gasteiger partial charge in [0.15, 0.2) is 9.84 Å². The number of carboxylic acid groups (broad SMARTS) is 1. The number of benzene rings is 1. The highest BCUT2D eigenvalue weighted by Gasteiger charge is 2.19. The van der Waals surface area contributed by atoms with E-state index in [1.165, 1.54) is 18.2 Å². The van der Waals surface area contributed by atoms with Crippen LogP contribution in [-0.4, -0.2) is 41.2 Å². The molecule has 0 spiro atoms. The van der Waals surface area contributed by atoms with Crippen molar-refractivity contribution in [3.05, 3.63) is 29.5 Å². The lowest BCUT2D eigenvalue weighted by Crippen LogP contribution is -2.02. The van der Waals surface area contributed by atoms with E-state index < -0.39 is 15.8 Å². The second-order valence-electron chi connectivity index (χ2n) is 6.08. The average molecular weight is 375 g/mol. The molecule has 1 aliphatic carbocycles. The van der Waals surface area contributed by atoms with E-state index in [1.807, 2.05) is 0 Å². The number of sulfone groups is 1. The van der Waals surface area contributed by atoms with Crippen molar-refractivity contribution in [2.75, 3.05) is 6.26 Å². The number of hydrogen-bond donors (Lipinski definition) is 2. The maximum Gasteiger partial charge on any atom is 0.362 e. The molecule has 136 valence electrons. The normalized spacial score (nSPS) is 14.7. The number of ether oxygens (including phenoxy) is 1. The number of nitrogens with one attached hydrogen (secondary N) is 1. The number of nitrogens with zero attached hydrogens (tertiary/aromatic N) is 2. The van der Waals surface area contributed by atoms with Crippen LogP contribution >= 0.6 is 0 Å². The monoisotopic (exact) mass is 375 g/mol. The number of aromatic amines is 1. The van der Waals surface area contributed by atoms with Gasteiger partial charge in [-0.15, -0.1) is 5.10 Å². The minimum absolute atomic E-state index is 0.108. The molecule has 1 fully saturated rings. The summed E-state index contributed by atoms with van der Waals surface area (Å²) < 4.78 is 29.5. The van der Waals surface area contributed by atoms with Gasteiger partial charge in [-0.3, -0.25) is 0 Å². The first kappa shape index (κ1) is 17.9. The second-order valence-corrected chi connectivity index (χ2v) is 8.06. The van der Waals surface area contributed by atoms with Gasteiger partial charge < -0.3 is 9.84 Å². The molecule has 0 radical (unpaired) electrons. The fourth-order valence-corrected chi connectivity index (χ4v) is 3.62. The Bertz CT molecular complexity index is 995. The highest BCUT2D eigenvalue weighted by Crippen LogP contribution is 2.27. The van der Waals surface area contributed by atoms with Crippen molar-refractivity contribution in [3.63, 3.8) is 0 Å². The second kappa shape index (κ2) is 7.17. The molecule has 1 aromatic carbocycles. The fourth-order valence-electron chi connectivity index (χ4n) is 2.79. The number of carboxylic acids is 1. The fraction of sp³-hybridized carbons (Fsp3) is 0.353. The largest absolute Gasteiger partial charge is 0.476 e. The molecule has 2 N–H and O–H groups in total. The van der Waals surface area contributed by atoms with Gasteiger partial charge in [0.2, 0.25) is 5.69 Å². The van der Waals surface area contributed by atoms with Crippen LogP contribution in [0.1, 0.15) is 41.7 Å². The van der Waals surface area contributed by atoms with Gasteiger partial charge in [0.05, 0.1) is 4.90 Å². The summed E-state index contributed by atoms with van der Waals surface area (Å²) in [6.45, 7) is 0. The van der Waals surface area contributed by atoms with Crippen molar-refractivity contribution in [1.29, 1.82) is 0 Å². The third-order valence-corrected chi connectivity index (χ3v) is 5.21. The molecule has 1 aliphatic rings. The first-order valence-corrected chi connectivity index (χ1v) is 9.91. The Kier molecular flexibility index (Phi) is 4.95. The SMILES string of the molecule is CS(=O)(=O)c1ccc(Oc2[nH]nnc2C(=O)O)cc1C#CC1CCCC1. The van der Waals surface area contributed by atoms with Crippen molar-refractivity contribution in [2.24, 2.45) is 5.92 Å². The molecule has 0 unspecified atom stereocenters. The number of hydrogen-bond acceptors (Lipinski definition) is 6. The van der Waals surface area contributed by atoms with Crippen LogP contribution in [0, 0.1) is 17.8 Å². The van der Waals surface area contributed by atoms with E-state index in [-0.39, 0.29) is 28.1 Å². The highest BCUT2D eigenvalue weighted by molar-refractivity contribution is 7.90. The van der Waals surface area contributed by atoms with Crippen molar-refractivity contribution < 1.29 is 23.1 Å². The Morgan fingerprint density at radius 2 is 2.08 bits per heavy atom. The number of H-pyrrole nitrogens is 1. The molecular formula is C17H17N3O5S. The number of carbonyl (C=O) groups is 1. The zero-order chi connectivity index (χ0) is 18.7. The zero-order valence-corrected chi connectivity index (χ0v) is 14.8. The van der Waals surface area contributed by atoms with E-state index >= 15 is 0 Å². The summed E-state index contributed by atoms with van der Waals surface area (Å²) in [5.74, 6) is 5.16. The van der Waals surface area contributed by atoms with Crippen LogP contribution in [0.5, 0.6) is 11.6 Å². The topological polar surface area (TPSA) is 122 Å². The average Bonchev–Trinajstić information content (AvgIpc) is 3.23. The summed E-state index contributed by atoms with van der Waals surface area (Å²) in [6.07, 6.45) is 5.40. The van der Waals surface area contributed by atoms with Gasteiger partial charge >= 0.3 is 5.97 Å². The number of aromatic carboxylic acids is 1. The smallest absolute Gasteiger partial charge is 0.362 e. The summed E-state index contributed by atoms with van der Waals surface area (Å²) >= 11 is 0. The van der Waals surface area contributed by atoms with Crippen molar-refractivity contribution in [1.82, 2.24) is 15.4 Å². The maximum absolute atomic E-state index is 12.0. The molecule has 0 saturated heterocycles. The van der Waals surface area contributed by atoms with Crippen molar-refractivity contribution in [2.45, 2.75) is 30.6 Å². The Morgan fingerprint density at radius 1 is 1.35 bits per heavy atom. The van der Waals surface area contributed by atoms with Crippen LogP contribution in [0.2, 0.25) is 0 Å². The Labute approximate surface area is 150 Å². The molecule has 1 heterocycles. The van der Waals surface area contributed by atoms with E-state index in [4.69, 9.17) is 9.84 Å². The lowest BCUT2D eigenvalue weighted by molar-refractivity contribution is 0.0687. The minimum Gasteiger partial charge on any atom is -0.476 e. The van der Waals surface area contributed by atoms with E-state index in [0.29, 0.717) is 5.56 Å². The molecule has 8 nitrogen and oxygen atoms in total. The van der Waals surface area contributed by atoms with Crippen LogP contribution in [0.3, 0.4) is 0 Å². The van der Waals surface area contributed by atoms with Crippen LogP contribution < -0.4 is 4.74 Å². The predicted molar refractivity (Wildman–Crippen MR) is 91.8 cm³/mol. The summed E-state index contributed by atoms with van der Waals surface area (Å²) in [5.41, 5.74) is -0.0444. The standard InChI is InChI=1S/C17H17N3O5S/c1-26(23,24)14-9-8-13(25-16-15(17(21)22)18-20-19-16)10-12(14)7-6-11-4-2-3-5-11/h8-11H,2-5H2,1H3,(H,21,22)(H,18,19,20). The Morgan fingerprint density at radius 3 is 2.73 bits per heavy atom. The minimum atomic E-state index is -3.46. The third kappa shape index (κ3) is 4.03. The molecule has 3 rings (SSSR count). The van der Waals surface area contributed by atoms with Gasteiger partial charge in [0.1, 0.15) is 5.75 Å². The number of aromatic nitrogens is 3. The molecule has 2 aromatic rings. The summed E-state index contributed by atoms with van der Waals surface area (Å²) in [6, 6.07) is 4.31. The zero-order valence-electron chi connectivity index (χ0n) is 14.0. The summed E-state index contributed by atoms with van der Waals surface area (Å²) in [7, 11) is -3.46. The summed E-state index contributed by atoms with van der Waals surface area (Å²) in [4.78, 5) is 11.2. The lowest BCUT2D eigenvalue weighted by atomic mass is 10.1. The van der Waals surface area contributed by atoms with E-state index in [0.717, 1.165) is 31.9 Å². The highest BCUT2D eigenvalue weighted by atomic mass is 32.2. The molecule has 26 heavy (non-hydrogen) atoms. The molecule has 0 amide bonds. The first-order chi connectivity index (χ1) is 12.3. The van der Waals surface area contributed by atoms with Crippen LogP contribution in [0.4, 0.5) is 0 Å². The van der Waals surface area contributed by atoms with Gasteiger partial charge in [-0.1, -0.05) is 29.9 Å². The van der Waals surface area contributed by atoms with Crippen LogP contribution in [-0.2, 0) is 9.84 Å². The van der Waals surface area contributed by atoms with E-state index in [1.54, 1.807) is 0 Å². The molecular weight excluding hydrogens is 358 g/mol. The maximum atomic E-state index is 12.0. The summed E-state index contributed by atoms with van der Waals surface area (Å²) in [5, 5.41) is 18.2. The molecule has 0 atom stereocenters. The third-order valence-electron chi connectivity index (χ3n) is 4.06. The van der Waals surface area contributed by atoms with Gasteiger partial charge in [-0.2, -0.15) is 0 Å². The van der Waals surface area contributed by atoms with E-state index in [9.17, 15) is 13.2 Å². The van der Waals surface area contributed by atoms with Crippen LogP contribution in [0.25, 0.3) is 0 Å². The Hall–Kier alpha value is -2.86. The lowest BCUT2D eigenvalue weighted by Gasteiger charge is -2.07. The molecule has 0 bridgehead atoms. The first-order valence-electron chi connectivity index (χ1n) is 8.02. The molecule has 0 aliphatic heterocycles. The molecule has 1 saturated carbocycles. The van der Waals surface area contributed by atoms with Gasteiger partial charge in [0.25, 0.3) is 5.88 Å². The van der Waals surface area contributed by atoms with Crippen LogP contribution in [0.15, 0.2) is 23.1 Å². The van der Waals surface area contributed by atoms with Crippen molar-refractivity contribution in [3.8, 4) is 23.5 Å². The quantitative estimate of drug-likeness (QED) is 0.786. The van der Waals surface area contributed by atoms with Gasteiger partial charge in [-0.05, 0) is 31.0 Å². The molecule has 1 aromatic heterocycles. The Balaban J connectivity index is 1.96. The predicted octanol–water partition coefficient (Wildman–Crippen LogP) is 2.24.